The summed E-state index contributed by atoms with van der Waals surface area (Å²) >= 11 is 0. The predicted molar refractivity (Wildman–Crippen MR) is 71.5 cm³/mol. The molecule has 0 amide bonds. The maximum absolute atomic E-state index is 11.0. The lowest BCUT2D eigenvalue weighted by Gasteiger charge is -2.26. The number of ether oxygens (including phenoxy) is 1. The summed E-state index contributed by atoms with van der Waals surface area (Å²) in [6.07, 6.45) is 5.64. The highest BCUT2D eigenvalue weighted by atomic mass is 16.5. The Labute approximate surface area is 108 Å². The molecule has 0 saturated heterocycles. The molecule has 96 valence electrons. The number of nitrogens with two attached hydrogens (primary N) is 1. The molecular weight excluding hydrogens is 226 g/mol. The van der Waals surface area contributed by atoms with Crippen molar-refractivity contribution in [2.45, 2.75) is 37.6 Å². The molecule has 3 nitrogen and oxygen atoms in total. The van der Waals surface area contributed by atoms with Gasteiger partial charge in [0.05, 0.1) is 0 Å². The molecule has 0 atom stereocenters. The predicted octanol–water partition coefficient (Wildman–Crippen LogP) is 2.76. The molecule has 3 heteroatoms. The Morgan fingerprint density at radius 1 is 1.22 bits per heavy atom. The van der Waals surface area contributed by atoms with Gasteiger partial charge in [-0.2, -0.15) is 0 Å². The molecule has 1 aliphatic carbocycles. The molecule has 0 aliphatic heterocycles. The molecular formula is C15H19NO2. The van der Waals surface area contributed by atoms with Crippen LogP contribution in [0.2, 0.25) is 0 Å². The first-order valence-electron chi connectivity index (χ1n) is 6.39. The molecule has 0 unspecified atom stereocenters. The van der Waals surface area contributed by atoms with Crippen LogP contribution in [0.5, 0.6) is 5.75 Å². The quantitative estimate of drug-likeness (QED) is 0.506. The summed E-state index contributed by atoms with van der Waals surface area (Å²) < 4.78 is 5.05. The normalized spacial score (nSPS) is 23.4. The summed E-state index contributed by atoms with van der Waals surface area (Å²) in [4.78, 5) is 11.0. The minimum absolute atomic E-state index is 0.370. The van der Waals surface area contributed by atoms with E-state index in [2.05, 4.69) is 6.58 Å². The molecule has 2 rings (SSSR count). The van der Waals surface area contributed by atoms with Crippen LogP contribution in [0.1, 0.15) is 37.2 Å². The van der Waals surface area contributed by atoms with E-state index in [-0.39, 0.29) is 0 Å². The van der Waals surface area contributed by atoms with Crippen molar-refractivity contribution >= 4 is 5.97 Å². The molecule has 0 aromatic heterocycles. The Morgan fingerprint density at radius 3 is 2.39 bits per heavy atom. The number of benzene rings is 1. The highest BCUT2D eigenvalue weighted by Crippen LogP contribution is 2.32. The molecule has 18 heavy (non-hydrogen) atoms. The van der Waals surface area contributed by atoms with Crippen LogP contribution in [0, 0.1) is 0 Å². The van der Waals surface area contributed by atoms with Crippen LogP contribution in [-0.2, 0) is 4.79 Å². The van der Waals surface area contributed by atoms with Crippen molar-refractivity contribution in [3.63, 3.8) is 0 Å². The zero-order valence-corrected chi connectivity index (χ0v) is 10.5. The molecule has 1 aliphatic rings. The second-order valence-electron chi connectivity index (χ2n) is 4.81. The number of rotatable bonds is 3. The second-order valence-corrected chi connectivity index (χ2v) is 4.81. The molecule has 0 radical (unpaired) electrons. The van der Waals surface area contributed by atoms with Crippen molar-refractivity contribution in [3.8, 4) is 5.75 Å². The first-order valence-corrected chi connectivity index (χ1v) is 6.39. The van der Waals surface area contributed by atoms with Crippen LogP contribution >= 0.6 is 0 Å². The standard InChI is InChI=1S/C15H19NO2/c1-2-15(17)18-14-9-5-12(6-10-14)11-3-7-13(16)8-4-11/h2,5-6,9-11,13H,1,3-4,7-8,16H2. The van der Waals surface area contributed by atoms with Crippen molar-refractivity contribution in [2.24, 2.45) is 5.73 Å². The molecule has 0 spiro atoms. The zero-order valence-electron chi connectivity index (χ0n) is 10.5. The summed E-state index contributed by atoms with van der Waals surface area (Å²) in [6, 6.07) is 8.12. The lowest BCUT2D eigenvalue weighted by molar-refractivity contribution is -0.128. The Bertz CT molecular complexity index is 417. The van der Waals surface area contributed by atoms with E-state index in [1.165, 1.54) is 5.56 Å². The first kappa shape index (κ1) is 12.8. The van der Waals surface area contributed by atoms with Crippen LogP contribution in [0.3, 0.4) is 0 Å². The lowest BCUT2D eigenvalue weighted by atomic mass is 9.82. The van der Waals surface area contributed by atoms with Gasteiger partial charge >= 0.3 is 5.97 Å². The Kier molecular flexibility index (Phi) is 4.15. The van der Waals surface area contributed by atoms with E-state index in [4.69, 9.17) is 10.5 Å². The minimum Gasteiger partial charge on any atom is -0.423 e. The van der Waals surface area contributed by atoms with Gasteiger partial charge in [0, 0.05) is 12.1 Å². The third-order valence-electron chi connectivity index (χ3n) is 3.51. The average molecular weight is 245 g/mol. The molecule has 1 saturated carbocycles. The van der Waals surface area contributed by atoms with Crippen LogP contribution in [-0.4, -0.2) is 12.0 Å². The highest BCUT2D eigenvalue weighted by Gasteiger charge is 2.19. The topological polar surface area (TPSA) is 52.3 Å². The van der Waals surface area contributed by atoms with Crippen LogP contribution in [0.15, 0.2) is 36.9 Å². The summed E-state index contributed by atoms with van der Waals surface area (Å²) in [5.74, 6) is 0.733. The molecule has 1 aromatic rings. The molecule has 0 heterocycles. The zero-order chi connectivity index (χ0) is 13.0. The van der Waals surface area contributed by atoms with E-state index >= 15 is 0 Å². The van der Waals surface area contributed by atoms with E-state index in [0.29, 0.717) is 17.7 Å². The van der Waals surface area contributed by atoms with Crippen molar-refractivity contribution in [2.75, 3.05) is 0 Å². The molecule has 0 bridgehead atoms. The van der Waals surface area contributed by atoms with Crippen LogP contribution < -0.4 is 10.5 Å². The van der Waals surface area contributed by atoms with E-state index in [1.54, 1.807) is 0 Å². The van der Waals surface area contributed by atoms with Crippen LogP contribution in [0.25, 0.3) is 0 Å². The number of hydrogen-bond acceptors (Lipinski definition) is 3. The third kappa shape index (κ3) is 3.20. The fourth-order valence-electron chi connectivity index (χ4n) is 2.42. The number of carbonyl (C=O) groups excluding carboxylic acids is 1. The van der Waals surface area contributed by atoms with Gasteiger partial charge in [-0.05, 0) is 49.3 Å². The van der Waals surface area contributed by atoms with Gasteiger partial charge < -0.3 is 10.5 Å². The van der Waals surface area contributed by atoms with Crippen molar-refractivity contribution in [1.29, 1.82) is 0 Å². The van der Waals surface area contributed by atoms with Gasteiger partial charge in [-0.1, -0.05) is 18.7 Å². The Hall–Kier alpha value is -1.61. The number of hydrogen-bond donors (Lipinski definition) is 1. The Balaban J connectivity index is 1.99. The summed E-state index contributed by atoms with van der Waals surface area (Å²) in [6.45, 7) is 3.37. The van der Waals surface area contributed by atoms with E-state index in [9.17, 15) is 4.79 Å². The number of carbonyl (C=O) groups is 1. The van der Waals surface area contributed by atoms with Gasteiger partial charge in [-0.15, -0.1) is 0 Å². The molecule has 2 N–H and O–H groups in total. The fourth-order valence-corrected chi connectivity index (χ4v) is 2.42. The maximum atomic E-state index is 11.0. The van der Waals surface area contributed by atoms with Crippen molar-refractivity contribution in [1.82, 2.24) is 0 Å². The van der Waals surface area contributed by atoms with Gasteiger partial charge in [0.25, 0.3) is 0 Å². The third-order valence-corrected chi connectivity index (χ3v) is 3.51. The SMILES string of the molecule is C=CC(=O)Oc1ccc(C2CCC(N)CC2)cc1. The van der Waals surface area contributed by atoms with Crippen molar-refractivity contribution < 1.29 is 9.53 Å². The minimum atomic E-state index is -0.425. The lowest BCUT2D eigenvalue weighted by Crippen LogP contribution is -2.25. The van der Waals surface area contributed by atoms with E-state index < -0.39 is 5.97 Å². The second kappa shape index (κ2) is 5.83. The summed E-state index contributed by atoms with van der Waals surface area (Å²) in [5, 5.41) is 0. The van der Waals surface area contributed by atoms with Gasteiger partial charge in [-0.3, -0.25) is 0 Å². The van der Waals surface area contributed by atoms with Gasteiger partial charge in [0.15, 0.2) is 0 Å². The van der Waals surface area contributed by atoms with Gasteiger partial charge in [-0.25, -0.2) is 4.79 Å². The smallest absolute Gasteiger partial charge is 0.335 e. The van der Waals surface area contributed by atoms with E-state index in [1.807, 2.05) is 24.3 Å². The number of esters is 1. The first-order chi connectivity index (χ1) is 8.69. The average Bonchev–Trinajstić information content (AvgIpc) is 2.40. The fraction of sp³-hybridized carbons (Fsp3) is 0.400. The van der Waals surface area contributed by atoms with Crippen molar-refractivity contribution in [3.05, 3.63) is 42.5 Å². The molecule has 1 aromatic carbocycles. The Morgan fingerprint density at radius 2 is 1.83 bits per heavy atom. The van der Waals surface area contributed by atoms with Gasteiger partial charge in [0.1, 0.15) is 5.75 Å². The maximum Gasteiger partial charge on any atom is 0.335 e. The molecule has 1 fully saturated rings. The van der Waals surface area contributed by atoms with Gasteiger partial charge in [0.2, 0.25) is 0 Å². The highest BCUT2D eigenvalue weighted by molar-refractivity contribution is 5.83. The summed E-state index contributed by atoms with van der Waals surface area (Å²) in [5.41, 5.74) is 7.21. The summed E-state index contributed by atoms with van der Waals surface area (Å²) in [7, 11) is 0. The largest absolute Gasteiger partial charge is 0.423 e. The monoisotopic (exact) mass is 245 g/mol. The van der Waals surface area contributed by atoms with E-state index in [0.717, 1.165) is 31.8 Å². The van der Waals surface area contributed by atoms with Crippen LogP contribution in [0.4, 0.5) is 0 Å².